The predicted octanol–water partition coefficient (Wildman–Crippen LogP) is 3.89. The summed E-state index contributed by atoms with van der Waals surface area (Å²) in [6, 6.07) is 13.5. The Morgan fingerprint density at radius 2 is 1.86 bits per heavy atom. The van der Waals surface area contributed by atoms with E-state index in [4.69, 9.17) is 21.1 Å². The second kappa shape index (κ2) is 10.1. The second-order valence-corrected chi connectivity index (χ2v) is 8.80. The van der Waals surface area contributed by atoms with Crippen molar-refractivity contribution >= 4 is 27.5 Å². The van der Waals surface area contributed by atoms with Crippen LogP contribution in [0.3, 0.4) is 0 Å². The summed E-state index contributed by atoms with van der Waals surface area (Å²) in [4.78, 5) is 2.58. The number of benzene rings is 2. The Bertz CT molecular complexity index is 891. The molecule has 1 heterocycles. The highest BCUT2D eigenvalue weighted by Crippen LogP contribution is 2.19. The molecule has 0 bridgehead atoms. The van der Waals surface area contributed by atoms with Crippen LogP contribution in [-0.2, 0) is 14.6 Å². The molecule has 7 heteroatoms. The molecule has 1 saturated heterocycles. The van der Waals surface area contributed by atoms with Crippen LogP contribution in [0.4, 0.5) is 0 Å². The first-order chi connectivity index (χ1) is 13.5. The minimum Gasteiger partial charge on any atom is -0.494 e. The highest BCUT2D eigenvalue weighted by Gasteiger charge is 2.11. The molecule has 0 saturated carbocycles. The minimum atomic E-state index is -3.53. The van der Waals surface area contributed by atoms with Crippen molar-refractivity contribution in [1.29, 1.82) is 0 Å². The molecule has 0 aliphatic carbocycles. The predicted molar refractivity (Wildman–Crippen MR) is 111 cm³/mol. The van der Waals surface area contributed by atoms with Crippen LogP contribution in [0.25, 0.3) is 6.08 Å². The van der Waals surface area contributed by atoms with Crippen LogP contribution >= 0.6 is 11.6 Å². The molecule has 3 rings (SSSR count). The molecule has 1 aliphatic rings. The Morgan fingerprint density at radius 3 is 2.57 bits per heavy atom. The Morgan fingerprint density at radius 1 is 1.11 bits per heavy atom. The molecule has 2 aromatic carbocycles. The van der Waals surface area contributed by atoms with Crippen LogP contribution < -0.4 is 4.74 Å². The molecular weight excluding hydrogens is 398 g/mol. The van der Waals surface area contributed by atoms with Crippen molar-refractivity contribution < 1.29 is 17.9 Å². The van der Waals surface area contributed by atoms with E-state index in [1.54, 1.807) is 48.5 Å². The average molecular weight is 422 g/mol. The fourth-order valence-electron chi connectivity index (χ4n) is 2.89. The maximum Gasteiger partial charge on any atom is 0.199 e. The first-order valence-corrected chi connectivity index (χ1v) is 11.2. The number of rotatable bonds is 8. The lowest BCUT2D eigenvalue weighted by Gasteiger charge is -2.26. The summed E-state index contributed by atoms with van der Waals surface area (Å²) in [5.74, 6) is 0.666. The Kier molecular flexibility index (Phi) is 7.50. The van der Waals surface area contributed by atoms with Crippen LogP contribution in [0.5, 0.6) is 5.75 Å². The lowest BCUT2D eigenvalue weighted by molar-refractivity contribution is 0.0358. The standard InChI is InChI=1S/C21H24ClNO4S/c22-19-4-1-3-18(17-19)9-16-28(24,25)21-7-5-20(6-8-21)27-13-2-10-23-11-14-26-15-12-23/h1,3-9,16-17H,2,10-15H2/b16-9+. The number of halogens is 1. The van der Waals surface area contributed by atoms with Crippen molar-refractivity contribution in [1.82, 2.24) is 4.90 Å². The number of hydrogen-bond acceptors (Lipinski definition) is 5. The maximum absolute atomic E-state index is 12.5. The number of hydrogen-bond donors (Lipinski definition) is 0. The van der Waals surface area contributed by atoms with Crippen LogP contribution in [0.2, 0.25) is 5.02 Å². The summed E-state index contributed by atoms with van der Waals surface area (Å²) >= 11 is 5.92. The van der Waals surface area contributed by atoms with E-state index < -0.39 is 9.84 Å². The summed E-state index contributed by atoms with van der Waals surface area (Å²) < 4.78 is 36.0. The smallest absolute Gasteiger partial charge is 0.199 e. The number of sulfone groups is 1. The van der Waals surface area contributed by atoms with Gasteiger partial charge in [-0.3, -0.25) is 4.90 Å². The van der Waals surface area contributed by atoms with Gasteiger partial charge < -0.3 is 9.47 Å². The first-order valence-electron chi connectivity index (χ1n) is 9.25. The monoisotopic (exact) mass is 421 g/mol. The quantitative estimate of drug-likeness (QED) is 0.605. The molecular formula is C21H24ClNO4S. The molecule has 5 nitrogen and oxygen atoms in total. The molecule has 0 amide bonds. The lowest BCUT2D eigenvalue weighted by Crippen LogP contribution is -2.37. The van der Waals surface area contributed by atoms with Gasteiger partial charge >= 0.3 is 0 Å². The largest absolute Gasteiger partial charge is 0.494 e. The number of nitrogens with zero attached hydrogens (tertiary/aromatic N) is 1. The summed E-state index contributed by atoms with van der Waals surface area (Å²) in [6.07, 6.45) is 2.46. The van der Waals surface area contributed by atoms with E-state index in [2.05, 4.69) is 4.90 Å². The number of ether oxygens (including phenoxy) is 2. The van der Waals surface area contributed by atoms with Gasteiger partial charge in [-0.1, -0.05) is 23.7 Å². The average Bonchev–Trinajstić information content (AvgIpc) is 2.71. The zero-order valence-electron chi connectivity index (χ0n) is 15.6. The molecule has 1 fully saturated rings. The van der Waals surface area contributed by atoms with Crippen LogP contribution in [-0.4, -0.2) is 52.8 Å². The Labute approximate surface area is 171 Å². The molecule has 2 aromatic rings. The van der Waals surface area contributed by atoms with Gasteiger partial charge in [-0.2, -0.15) is 0 Å². The van der Waals surface area contributed by atoms with Crippen LogP contribution in [0.15, 0.2) is 58.8 Å². The van der Waals surface area contributed by atoms with Crippen molar-refractivity contribution in [3.8, 4) is 5.75 Å². The highest BCUT2D eigenvalue weighted by molar-refractivity contribution is 7.94. The van der Waals surface area contributed by atoms with E-state index in [-0.39, 0.29) is 4.90 Å². The van der Waals surface area contributed by atoms with Gasteiger partial charge in [0.15, 0.2) is 9.84 Å². The van der Waals surface area contributed by atoms with Gasteiger partial charge in [-0.25, -0.2) is 8.42 Å². The van der Waals surface area contributed by atoms with E-state index in [0.717, 1.165) is 44.8 Å². The van der Waals surface area contributed by atoms with E-state index >= 15 is 0 Å². The van der Waals surface area contributed by atoms with Crippen molar-refractivity contribution in [2.24, 2.45) is 0 Å². The van der Waals surface area contributed by atoms with Gasteiger partial charge in [0, 0.05) is 30.1 Å². The third kappa shape index (κ3) is 6.34. The van der Waals surface area contributed by atoms with Crippen molar-refractivity contribution in [3.05, 3.63) is 64.5 Å². The van der Waals surface area contributed by atoms with E-state index in [9.17, 15) is 8.42 Å². The maximum atomic E-state index is 12.5. The molecule has 0 aromatic heterocycles. The lowest BCUT2D eigenvalue weighted by atomic mass is 10.2. The first kappa shape index (κ1) is 20.9. The molecule has 1 aliphatic heterocycles. The summed E-state index contributed by atoms with van der Waals surface area (Å²) in [6.45, 7) is 5.10. The normalized spacial score (nSPS) is 15.8. The fourth-order valence-corrected chi connectivity index (χ4v) is 4.09. The molecule has 0 unspecified atom stereocenters. The topological polar surface area (TPSA) is 55.8 Å². The highest BCUT2D eigenvalue weighted by atomic mass is 35.5. The minimum absolute atomic E-state index is 0.228. The summed E-state index contributed by atoms with van der Waals surface area (Å²) in [7, 11) is -3.53. The van der Waals surface area contributed by atoms with Crippen molar-refractivity contribution in [2.45, 2.75) is 11.3 Å². The fraction of sp³-hybridized carbons (Fsp3) is 0.333. The zero-order valence-corrected chi connectivity index (χ0v) is 17.2. The summed E-state index contributed by atoms with van der Waals surface area (Å²) in [5.41, 5.74) is 0.733. The van der Waals surface area contributed by atoms with Gasteiger partial charge in [-0.05, 0) is 54.5 Å². The van der Waals surface area contributed by atoms with Crippen LogP contribution in [0, 0.1) is 0 Å². The third-order valence-electron chi connectivity index (χ3n) is 4.43. The molecule has 28 heavy (non-hydrogen) atoms. The molecule has 150 valence electrons. The van der Waals surface area contributed by atoms with Crippen molar-refractivity contribution in [2.75, 3.05) is 39.5 Å². The zero-order chi connectivity index (χ0) is 19.8. The van der Waals surface area contributed by atoms with E-state index in [0.29, 0.717) is 17.4 Å². The number of morpholine rings is 1. The summed E-state index contributed by atoms with van der Waals surface area (Å²) in [5, 5.41) is 1.76. The van der Waals surface area contributed by atoms with Crippen LogP contribution in [0.1, 0.15) is 12.0 Å². The molecule has 0 N–H and O–H groups in total. The van der Waals surface area contributed by atoms with Gasteiger partial charge in [0.2, 0.25) is 0 Å². The Hall–Kier alpha value is -1.86. The molecule has 0 atom stereocenters. The second-order valence-electron chi connectivity index (χ2n) is 6.53. The van der Waals surface area contributed by atoms with E-state index in [1.165, 1.54) is 11.5 Å². The van der Waals surface area contributed by atoms with Gasteiger partial charge in [0.05, 0.1) is 24.7 Å². The Balaban J connectivity index is 1.51. The molecule has 0 spiro atoms. The molecule has 0 radical (unpaired) electrons. The van der Waals surface area contributed by atoms with Gasteiger partial charge in [0.1, 0.15) is 5.75 Å². The van der Waals surface area contributed by atoms with Gasteiger partial charge in [-0.15, -0.1) is 0 Å². The third-order valence-corrected chi connectivity index (χ3v) is 6.09. The van der Waals surface area contributed by atoms with Crippen molar-refractivity contribution in [3.63, 3.8) is 0 Å². The van der Waals surface area contributed by atoms with E-state index in [1.807, 2.05) is 0 Å². The van der Waals surface area contributed by atoms with Gasteiger partial charge in [0.25, 0.3) is 0 Å². The SMILES string of the molecule is O=S(=O)(/C=C/c1cccc(Cl)c1)c1ccc(OCCCN2CCOCC2)cc1.